The molecule has 2 atom stereocenters. The number of rotatable bonds is 8. The molecule has 0 bridgehead atoms. The summed E-state index contributed by atoms with van der Waals surface area (Å²) in [5.74, 6) is -4.65. The Labute approximate surface area is 104 Å². The zero-order chi connectivity index (χ0) is 14.4. The van der Waals surface area contributed by atoms with Crippen molar-refractivity contribution in [1.82, 2.24) is 5.32 Å². The molecule has 0 saturated carbocycles. The second-order valence-electron chi connectivity index (χ2n) is 4.27. The fourth-order valence-electron chi connectivity index (χ4n) is 1.37. The number of hydrogen-bond acceptors (Lipinski definition) is 2. The molecule has 1 N–H and O–H groups in total. The summed E-state index contributed by atoms with van der Waals surface area (Å²) >= 11 is 0. The van der Waals surface area contributed by atoms with Gasteiger partial charge in [-0.05, 0) is 12.5 Å². The van der Waals surface area contributed by atoms with Crippen LogP contribution in [0.4, 0.5) is 22.0 Å². The Morgan fingerprint density at radius 3 is 2.06 bits per heavy atom. The minimum Gasteiger partial charge on any atom is -0.373 e. The van der Waals surface area contributed by atoms with Crippen LogP contribution in [0.2, 0.25) is 0 Å². The maximum Gasteiger partial charge on any atom is 0.455 e. The predicted octanol–water partition coefficient (Wildman–Crippen LogP) is 3.22. The van der Waals surface area contributed by atoms with Gasteiger partial charge in [-0.3, -0.25) is 0 Å². The normalized spacial score (nSPS) is 16.7. The first kappa shape index (κ1) is 17.6. The molecular weight excluding hydrogens is 257 g/mol. The second kappa shape index (κ2) is 7.23. The average molecular weight is 277 g/mol. The fraction of sp³-hybridized carbons (Fsp3) is 1.00. The largest absolute Gasteiger partial charge is 0.455 e. The highest BCUT2D eigenvalue weighted by molar-refractivity contribution is 4.77. The lowest BCUT2D eigenvalue weighted by Crippen LogP contribution is -2.44. The molecule has 2 nitrogen and oxygen atoms in total. The van der Waals surface area contributed by atoms with Gasteiger partial charge in [-0.15, -0.1) is 0 Å². The van der Waals surface area contributed by atoms with Crippen molar-refractivity contribution in [3.05, 3.63) is 0 Å². The average Bonchev–Trinajstić information content (AvgIpc) is 2.25. The molecule has 0 aromatic heterocycles. The number of halogens is 5. The molecule has 0 rings (SSSR count). The molecule has 18 heavy (non-hydrogen) atoms. The summed E-state index contributed by atoms with van der Waals surface area (Å²) in [6.45, 7) is 4.45. The van der Waals surface area contributed by atoms with Gasteiger partial charge in [0.15, 0.2) is 0 Å². The molecule has 0 aliphatic carbocycles. The Morgan fingerprint density at radius 2 is 1.67 bits per heavy atom. The molecule has 0 amide bonds. The predicted molar refractivity (Wildman–Crippen MR) is 58.7 cm³/mol. The highest BCUT2D eigenvalue weighted by Crippen LogP contribution is 2.35. The van der Waals surface area contributed by atoms with E-state index in [0.717, 1.165) is 6.42 Å². The number of ether oxygens (including phenoxy) is 1. The Morgan fingerprint density at radius 1 is 1.11 bits per heavy atom. The minimum atomic E-state index is -5.56. The topological polar surface area (TPSA) is 21.3 Å². The Kier molecular flexibility index (Phi) is 7.06. The molecule has 0 heterocycles. The zero-order valence-corrected chi connectivity index (χ0v) is 10.8. The van der Waals surface area contributed by atoms with E-state index in [1.165, 1.54) is 0 Å². The third-order valence-corrected chi connectivity index (χ3v) is 2.79. The van der Waals surface area contributed by atoms with Gasteiger partial charge in [0.25, 0.3) is 0 Å². The molecule has 110 valence electrons. The van der Waals surface area contributed by atoms with Crippen LogP contribution in [0, 0.1) is 5.92 Å². The molecule has 0 aliphatic rings. The van der Waals surface area contributed by atoms with Gasteiger partial charge in [0.1, 0.15) is 6.61 Å². The summed E-state index contributed by atoms with van der Waals surface area (Å²) in [4.78, 5) is 0. The van der Waals surface area contributed by atoms with Gasteiger partial charge < -0.3 is 10.1 Å². The second-order valence-corrected chi connectivity index (χ2v) is 4.27. The van der Waals surface area contributed by atoms with Crippen LogP contribution in [0.25, 0.3) is 0 Å². The highest BCUT2D eigenvalue weighted by Gasteiger charge is 2.57. The number of likely N-dealkylation sites (N-methyl/N-ethyl adjacent to an activating group) is 1. The summed E-state index contributed by atoms with van der Waals surface area (Å²) in [5.41, 5.74) is 0. The Balaban J connectivity index is 4.22. The lowest BCUT2D eigenvalue weighted by atomic mass is 10.00. The quantitative estimate of drug-likeness (QED) is 0.688. The van der Waals surface area contributed by atoms with Crippen molar-refractivity contribution in [1.29, 1.82) is 0 Å². The Hall–Kier alpha value is -0.430. The van der Waals surface area contributed by atoms with Gasteiger partial charge in [-0.2, -0.15) is 22.0 Å². The van der Waals surface area contributed by atoms with Crippen LogP contribution in [0.1, 0.15) is 27.2 Å². The molecule has 2 unspecified atom stereocenters. The monoisotopic (exact) mass is 277 g/mol. The maximum absolute atomic E-state index is 12.6. The molecule has 7 heteroatoms. The van der Waals surface area contributed by atoms with E-state index < -0.39 is 18.7 Å². The van der Waals surface area contributed by atoms with Crippen molar-refractivity contribution < 1.29 is 26.7 Å². The van der Waals surface area contributed by atoms with Crippen LogP contribution >= 0.6 is 0 Å². The van der Waals surface area contributed by atoms with Crippen molar-refractivity contribution in [2.24, 2.45) is 5.92 Å². The molecule has 0 fully saturated rings. The molecule has 0 saturated heterocycles. The molecular formula is C11H20F5NO. The standard InChI is InChI=1S/C11H20F5NO/c1-4-8(3)9(17-5-2)6-18-7-10(12,13)11(14,15)16/h8-9,17H,4-7H2,1-3H3. The van der Waals surface area contributed by atoms with Gasteiger partial charge in [-0.25, -0.2) is 0 Å². The number of nitrogens with one attached hydrogen (secondary N) is 1. The summed E-state index contributed by atoms with van der Waals surface area (Å²) in [5, 5.41) is 3.01. The lowest BCUT2D eigenvalue weighted by Gasteiger charge is -2.25. The van der Waals surface area contributed by atoms with E-state index in [0.29, 0.717) is 6.54 Å². The maximum atomic E-state index is 12.6. The number of alkyl halides is 5. The first-order valence-corrected chi connectivity index (χ1v) is 5.91. The summed E-state index contributed by atoms with van der Waals surface area (Å²) in [7, 11) is 0. The smallest absolute Gasteiger partial charge is 0.373 e. The molecule has 0 aromatic rings. The van der Waals surface area contributed by atoms with Gasteiger partial charge in [0.2, 0.25) is 0 Å². The zero-order valence-electron chi connectivity index (χ0n) is 10.8. The lowest BCUT2D eigenvalue weighted by molar-refractivity contribution is -0.297. The van der Waals surface area contributed by atoms with E-state index in [1.807, 2.05) is 20.8 Å². The Bertz CT molecular complexity index is 232. The highest BCUT2D eigenvalue weighted by atomic mass is 19.4. The van der Waals surface area contributed by atoms with Crippen LogP contribution in [0.3, 0.4) is 0 Å². The van der Waals surface area contributed by atoms with E-state index in [4.69, 9.17) is 0 Å². The fourth-order valence-corrected chi connectivity index (χ4v) is 1.37. The molecule has 0 radical (unpaired) electrons. The first-order chi connectivity index (χ1) is 8.15. The summed E-state index contributed by atoms with van der Waals surface area (Å²) in [6.07, 6.45) is -4.77. The van der Waals surface area contributed by atoms with Gasteiger partial charge in [0.05, 0.1) is 6.61 Å². The number of hydrogen-bond donors (Lipinski definition) is 1. The van der Waals surface area contributed by atoms with E-state index in [-0.39, 0.29) is 18.6 Å². The van der Waals surface area contributed by atoms with E-state index in [2.05, 4.69) is 10.1 Å². The van der Waals surface area contributed by atoms with Crippen molar-refractivity contribution >= 4 is 0 Å². The first-order valence-electron chi connectivity index (χ1n) is 5.91. The SMILES string of the molecule is CCNC(COCC(F)(F)C(F)(F)F)C(C)CC. The molecule has 0 aromatic carbocycles. The van der Waals surface area contributed by atoms with E-state index >= 15 is 0 Å². The molecule has 0 spiro atoms. The van der Waals surface area contributed by atoms with Crippen molar-refractivity contribution in [3.8, 4) is 0 Å². The van der Waals surface area contributed by atoms with Crippen LogP contribution in [0.15, 0.2) is 0 Å². The van der Waals surface area contributed by atoms with E-state index in [9.17, 15) is 22.0 Å². The van der Waals surface area contributed by atoms with Crippen LogP contribution in [-0.4, -0.2) is 37.9 Å². The van der Waals surface area contributed by atoms with Crippen molar-refractivity contribution in [2.75, 3.05) is 19.8 Å². The minimum absolute atomic E-state index is 0.143. The molecule has 0 aliphatic heterocycles. The third-order valence-electron chi connectivity index (χ3n) is 2.79. The van der Waals surface area contributed by atoms with Crippen LogP contribution < -0.4 is 5.32 Å². The van der Waals surface area contributed by atoms with Crippen molar-refractivity contribution in [2.45, 2.75) is 45.3 Å². The van der Waals surface area contributed by atoms with Gasteiger partial charge >= 0.3 is 12.1 Å². The van der Waals surface area contributed by atoms with Crippen molar-refractivity contribution in [3.63, 3.8) is 0 Å². The van der Waals surface area contributed by atoms with Crippen LogP contribution in [-0.2, 0) is 4.74 Å². The summed E-state index contributed by atoms with van der Waals surface area (Å²) in [6, 6.07) is -0.218. The van der Waals surface area contributed by atoms with Gasteiger partial charge in [0, 0.05) is 6.04 Å². The third kappa shape index (κ3) is 5.48. The van der Waals surface area contributed by atoms with E-state index in [1.54, 1.807) is 0 Å². The van der Waals surface area contributed by atoms with Crippen LogP contribution in [0.5, 0.6) is 0 Å². The van der Waals surface area contributed by atoms with Gasteiger partial charge in [-0.1, -0.05) is 27.2 Å². The summed E-state index contributed by atoms with van der Waals surface area (Å²) < 4.78 is 65.3.